The molecule has 5 nitrogen and oxygen atoms in total. The zero-order chi connectivity index (χ0) is 11.5. The minimum absolute atomic E-state index is 0.0828. The van der Waals surface area contributed by atoms with E-state index in [9.17, 15) is 4.79 Å². The average Bonchev–Trinajstić information content (AvgIpc) is 2.68. The quantitative estimate of drug-likeness (QED) is 0.614. The Morgan fingerprint density at radius 3 is 2.62 bits per heavy atom. The van der Waals surface area contributed by atoms with Crippen LogP contribution in [0.1, 0.15) is 16.1 Å². The molecule has 0 atom stereocenters. The van der Waals surface area contributed by atoms with Gasteiger partial charge < -0.3 is 15.0 Å². The van der Waals surface area contributed by atoms with Gasteiger partial charge in [0.05, 0.1) is 6.20 Å². The number of aryl methyl sites for hydroxylation is 1. The van der Waals surface area contributed by atoms with Crippen LogP contribution >= 0.6 is 0 Å². The van der Waals surface area contributed by atoms with Crippen LogP contribution in [0, 0.1) is 6.92 Å². The molecule has 16 heavy (non-hydrogen) atoms. The van der Waals surface area contributed by atoms with Crippen molar-refractivity contribution in [3.63, 3.8) is 0 Å². The molecule has 1 heterocycles. The lowest BCUT2D eigenvalue weighted by Crippen LogP contribution is -2.09. The van der Waals surface area contributed by atoms with Gasteiger partial charge in [0, 0.05) is 0 Å². The molecule has 1 aromatic heterocycles. The highest BCUT2D eigenvalue weighted by atomic mass is 16.6. The zero-order valence-corrected chi connectivity index (χ0v) is 8.64. The molecule has 2 aromatic rings. The molecule has 0 fully saturated rings. The van der Waals surface area contributed by atoms with Crippen molar-refractivity contribution in [1.82, 2.24) is 5.16 Å². The lowest BCUT2D eigenvalue weighted by atomic mass is 10.2. The SMILES string of the molecule is Cc1ccc(OC(=O)c2oncc2N)cc1. The predicted molar refractivity (Wildman–Crippen MR) is 57.1 cm³/mol. The Labute approximate surface area is 91.8 Å². The molecule has 0 aliphatic carbocycles. The third-order valence-corrected chi connectivity index (χ3v) is 2.01. The Morgan fingerprint density at radius 2 is 2.06 bits per heavy atom. The van der Waals surface area contributed by atoms with Crippen molar-refractivity contribution in [3.8, 4) is 5.75 Å². The Kier molecular flexibility index (Phi) is 2.59. The molecule has 0 bridgehead atoms. The summed E-state index contributed by atoms with van der Waals surface area (Å²) in [5, 5.41) is 3.40. The molecule has 0 spiro atoms. The fourth-order valence-electron chi connectivity index (χ4n) is 1.16. The number of hydrogen-bond donors (Lipinski definition) is 1. The van der Waals surface area contributed by atoms with Crippen molar-refractivity contribution < 1.29 is 14.1 Å². The first kappa shape index (κ1) is 10.2. The highest BCUT2D eigenvalue weighted by Gasteiger charge is 2.17. The van der Waals surface area contributed by atoms with E-state index in [4.69, 9.17) is 10.5 Å². The summed E-state index contributed by atoms with van der Waals surface area (Å²) in [6, 6.07) is 7.07. The van der Waals surface area contributed by atoms with Crippen LogP contribution in [-0.4, -0.2) is 11.1 Å². The number of benzene rings is 1. The van der Waals surface area contributed by atoms with Gasteiger partial charge in [0.25, 0.3) is 5.76 Å². The highest BCUT2D eigenvalue weighted by molar-refractivity contribution is 5.92. The van der Waals surface area contributed by atoms with Crippen LogP contribution in [0.4, 0.5) is 5.69 Å². The molecule has 82 valence electrons. The van der Waals surface area contributed by atoms with Gasteiger partial charge in [-0.2, -0.15) is 0 Å². The first-order valence-corrected chi connectivity index (χ1v) is 4.66. The number of carbonyl (C=O) groups excluding carboxylic acids is 1. The lowest BCUT2D eigenvalue weighted by molar-refractivity contribution is 0.0692. The summed E-state index contributed by atoms with van der Waals surface area (Å²) in [7, 11) is 0. The van der Waals surface area contributed by atoms with E-state index in [2.05, 4.69) is 9.68 Å². The normalized spacial score (nSPS) is 10.1. The van der Waals surface area contributed by atoms with Crippen LogP contribution in [0.2, 0.25) is 0 Å². The summed E-state index contributed by atoms with van der Waals surface area (Å²) in [5.41, 5.74) is 6.71. The van der Waals surface area contributed by atoms with Gasteiger partial charge >= 0.3 is 5.97 Å². The number of ether oxygens (including phenoxy) is 1. The summed E-state index contributed by atoms with van der Waals surface area (Å²) in [6.45, 7) is 1.94. The standard InChI is InChI=1S/C11H10N2O3/c1-7-2-4-8(5-3-7)15-11(14)10-9(12)6-13-16-10/h2-6H,12H2,1H3. The first-order valence-electron chi connectivity index (χ1n) is 4.66. The van der Waals surface area contributed by atoms with Gasteiger partial charge in [0.15, 0.2) is 0 Å². The molecule has 0 saturated carbocycles. The number of nitrogens with zero attached hydrogens (tertiary/aromatic N) is 1. The van der Waals surface area contributed by atoms with E-state index in [-0.39, 0.29) is 11.4 Å². The van der Waals surface area contributed by atoms with Gasteiger partial charge in [-0.05, 0) is 19.1 Å². The number of rotatable bonds is 2. The summed E-state index contributed by atoms with van der Waals surface area (Å²) in [5.74, 6) is -0.300. The number of aromatic nitrogens is 1. The molecular formula is C11H10N2O3. The largest absolute Gasteiger partial charge is 0.421 e. The Hall–Kier alpha value is -2.30. The zero-order valence-electron chi connectivity index (χ0n) is 8.64. The maximum Gasteiger partial charge on any atom is 0.384 e. The van der Waals surface area contributed by atoms with Crippen molar-refractivity contribution in [2.24, 2.45) is 0 Å². The maximum absolute atomic E-state index is 11.5. The summed E-state index contributed by atoms with van der Waals surface area (Å²) < 4.78 is 9.71. The van der Waals surface area contributed by atoms with E-state index in [1.165, 1.54) is 6.20 Å². The molecule has 0 unspecified atom stereocenters. The number of anilines is 1. The van der Waals surface area contributed by atoms with Crippen LogP contribution in [0.15, 0.2) is 35.0 Å². The van der Waals surface area contributed by atoms with Gasteiger partial charge in [-0.15, -0.1) is 0 Å². The number of carbonyl (C=O) groups is 1. The second kappa shape index (κ2) is 4.06. The first-order chi connectivity index (χ1) is 7.66. The number of hydrogen-bond acceptors (Lipinski definition) is 5. The average molecular weight is 218 g/mol. The predicted octanol–water partition coefficient (Wildman–Crippen LogP) is 1.78. The van der Waals surface area contributed by atoms with Gasteiger partial charge in [0.1, 0.15) is 11.4 Å². The molecule has 1 aromatic carbocycles. The third-order valence-electron chi connectivity index (χ3n) is 2.01. The fourth-order valence-corrected chi connectivity index (χ4v) is 1.16. The number of esters is 1. The van der Waals surface area contributed by atoms with Crippen LogP contribution in [0.25, 0.3) is 0 Å². The summed E-state index contributed by atoms with van der Waals surface area (Å²) in [6.07, 6.45) is 1.26. The molecule has 0 aliphatic heterocycles. The molecule has 5 heteroatoms. The van der Waals surface area contributed by atoms with Crippen LogP contribution in [0.3, 0.4) is 0 Å². The van der Waals surface area contributed by atoms with Crippen molar-refractivity contribution in [3.05, 3.63) is 41.8 Å². The Morgan fingerprint density at radius 1 is 1.38 bits per heavy atom. The molecule has 0 aliphatic rings. The minimum atomic E-state index is -0.654. The van der Waals surface area contributed by atoms with Crippen molar-refractivity contribution in [1.29, 1.82) is 0 Å². The van der Waals surface area contributed by atoms with E-state index in [0.717, 1.165) is 5.56 Å². The van der Waals surface area contributed by atoms with Crippen LogP contribution in [-0.2, 0) is 0 Å². The lowest BCUT2D eigenvalue weighted by Gasteiger charge is -2.02. The second-order valence-corrected chi connectivity index (χ2v) is 3.31. The smallest absolute Gasteiger partial charge is 0.384 e. The molecule has 0 radical (unpaired) electrons. The Balaban J connectivity index is 2.14. The Bertz CT molecular complexity index is 502. The fraction of sp³-hybridized carbons (Fsp3) is 0.0909. The molecule has 2 N–H and O–H groups in total. The van der Waals surface area contributed by atoms with Crippen LogP contribution in [0.5, 0.6) is 5.75 Å². The number of nitrogen functional groups attached to an aromatic ring is 1. The van der Waals surface area contributed by atoms with E-state index in [0.29, 0.717) is 5.75 Å². The van der Waals surface area contributed by atoms with Gasteiger partial charge in [-0.1, -0.05) is 22.9 Å². The van der Waals surface area contributed by atoms with E-state index in [1.807, 2.05) is 19.1 Å². The third kappa shape index (κ3) is 2.03. The summed E-state index contributed by atoms with van der Waals surface area (Å²) in [4.78, 5) is 11.5. The van der Waals surface area contributed by atoms with Gasteiger partial charge in [0.2, 0.25) is 0 Å². The topological polar surface area (TPSA) is 78.3 Å². The molecule has 0 saturated heterocycles. The van der Waals surface area contributed by atoms with Gasteiger partial charge in [-0.3, -0.25) is 0 Å². The van der Waals surface area contributed by atoms with Crippen molar-refractivity contribution in [2.75, 3.05) is 5.73 Å². The van der Waals surface area contributed by atoms with Crippen LogP contribution < -0.4 is 10.5 Å². The second-order valence-electron chi connectivity index (χ2n) is 3.31. The van der Waals surface area contributed by atoms with Crippen molar-refractivity contribution in [2.45, 2.75) is 6.92 Å². The van der Waals surface area contributed by atoms with E-state index in [1.54, 1.807) is 12.1 Å². The number of nitrogens with two attached hydrogens (primary N) is 1. The van der Waals surface area contributed by atoms with Gasteiger partial charge in [-0.25, -0.2) is 4.79 Å². The summed E-state index contributed by atoms with van der Waals surface area (Å²) >= 11 is 0. The molecule has 2 rings (SSSR count). The van der Waals surface area contributed by atoms with E-state index < -0.39 is 5.97 Å². The molecular weight excluding hydrogens is 208 g/mol. The maximum atomic E-state index is 11.5. The minimum Gasteiger partial charge on any atom is -0.421 e. The highest BCUT2D eigenvalue weighted by Crippen LogP contribution is 2.16. The molecule has 0 amide bonds. The van der Waals surface area contributed by atoms with E-state index >= 15 is 0 Å². The van der Waals surface area contributed by atoms with Crippen molar-refractivity contribution >= 4 is 11.7 Å². The monoisotopic (exact) mass is 218 g/mol.